The Bertz CT molecular complexity index is 713. The summed E-state index contributed by atoms with van der Waals surface area (Å²) in [7, 11) is 0. The molecule has 2 fully saturated rings. The van der Waals surface area contributed by atoms with Gasteiger partial charge in [0.05, 0.1) is 5.71 Å². The van der Waals surface area contributed by atoms with Gasteiger partial charge < -0.3 is 4.90 Å². The van der Waals surface area contributed by atoms with Crippen LogP contribution in [0.3, 0.4) is 0 Å². The van der Waals surface area contributed by atoms with Crippen molar-refractivity contribution in [3.05, 3.63) is 35.4 Å². The van der Waals surface area contributed by atoms with Gasteiger partial charge in [0.1, 0.15) is 11.9 Å². The SMILES string of the molecule is FC1CCC(N2CCC(Cc3ccc(C4=NN=C(C(F)F)C4)cc3)CC2)CC1. The Hall–Kier alpha value is -1.69. The first-order chi connectivity index (χ1) is 13.6. The van der Waals surface area contributed by atoms with E-state index < -0.39 is 12.6 Å². The monoisotopic (exact) mass is 391 g/mol. The quantitative estimate of drug-likeness (QED) is 0.691. The van der Waals surface area contributed by atoms with E-state index in [1.165, 1.54) is 18.4 Å². The maximum absolute atomic E-state index is 13.3. The number of hydrogen-bond acceptors (Lipinski definition) is 3. The fourth-order valence-electron chi connectivity index (χ4n) is 4.74. The second-order valence-corrected chi connectivity index (χ2v) is 8.40. The van der Waals surface area contributed by atoms with Gasteiger partial charge in [0.25, 0.3) is 6.43 Å². The molecule has 0 spiro atoms. The van der Waals surface area contributed by atoms with Crippen LogP contribution in [0.4, 0.5) is 13.2 Å². The van der Waals surface area contributed by atoms with Gasteiger partial charge in [-0.15, -0.1) is 0 Å². The number of halogens is 3. The molecule has 1 aromatic carbocycles. The van der Waals surface area contributed by atoms with Gasteiger partial charge in [0, 0.05) is 12.5 Å². The van der Waals surface area contributed by atoms with E-state index in [0.717, 1.165) is 50.8 Å². The second kappa shape index (κ2) is 8.76. The smallest absolute Gasteiger partial charge is 0.278 e. The molecule has 3 aliphatic rings. The van der Waals surface area contributed by atoms with Crippen molar-refractivity contribution in [1.29, 1.82) is 0 Å². The summed E-state index contributed by atoms with van der Waals surface area (Å²) in [6.07, 6.45) is 3.93. The Balaban J connectivity index is 1.25. The fourth-order valence-corrected chi connectivity index (χ4v) is 4.74. The van der Waals surface area contributed by atoms with Crippen molar-refractivity contribution >= 4 is 11.4 Å². The summed E-state index contributed by atoms with van der Waals surface area (Å²) < 4.78 is 38.7. The Morgan fingerprint density at radius 2 is 1.61 bits per heavy atom. The van der Waals surface area contributed by atoms with Crippen LogP contribution in [0.25, 0.3) is 0 Å². The van der Waals surface area contributed by atoms with E-state index in [4.69, 9.17) is 0 Å². The van der Waals surface area contributed by atoms with Gasteiger partial charge in [0.2, 0.25) is 0 Å². The maximum Gasteiger partial charge on any atom is 0.278 e. The highest BCUT2D eigenvalue weighted by Crippen LogP contribution is 2.30. The number of benzene rings is 1. The third kappa shape index (κ3) is 4.65. The van der Waals surface area contributed by atoms with E-state index in [0.29, 0.717) is 17.7 Å². The highest BCUT2D eigenvalue weighted by molar-refractivity contribution is 6.15. The van der Waals surface area contributed by atoms with E-state index in [9.17, 15) is 13.2 Å². The molecule has 0 N–H and O–H groups in total. The summed E-state index contributed by atoms with van der Waals surface area (Å²) in [6, 6.07) is 8.71. The lowest BCUT2D eigenvalue weighted by Crippen LogP contribution is -2.43. The summed E-state index contributed by atoms with van der Waals surface area (Å²) in [5, 5.41) is 7.49. The lowest BCUT2D eigenvalue weighted by molar-refractivity contribution is 0.0856. The summed E-state index contributed by atoms with van der Waals surface area (Å²) in [6.45, 7) is 2.24. The Labute approximate surface area is 164 Å². The van der Waals surface area contributed by atoms with Crippen molar-refractivity contribution in [2.75, 3.05) is 13.1 Å². The van der Waals surface area contributed by atoms with Crippen LogP contribution in [0.5, 0.6) is 0 Å². The molecule has 0 amide bonds. The molecule has 152 valence electrons. The molecule has 6 heteroatoms. The molecule has 2 heterocycles. The Kier molecular flexibility index (Phi) is 6.14. The number of alkyl halides is 3. The number of nitrogens with zero attached hydrogens (tertiary/aromatic N) is 3. The third-order valence-corrected chi connectivity index (χ3v) is 6.50. The van der Waals surface area contributed by atoms with Crippen molar-refractivity contribution in [3.63, 3.8) is 0 Å². The van der Waals surface area contributed by atoms with E-state index in [1.54, 1.807) is 0 Å². The first kappa shape index (κ1) is 19.6. The molecule has 0 unspecified atom stereocenters. The molecule has 3 nitrogen and oxygen atoms in total. The minimum atomic E-state index is -2.53. The van der Waals surface area contributed by atoms with E-state index in [1.807, 2.05) is 12.1 Å². The van der Waals surface area contributed by atoms with Crippen molar-refractivity contribution in [1.82, 2.24) is 4.90 Å². The van der Waals surface area contributed by atoms with Crippen LogP contribution in [0.1, 0.15) is 56.1 Å². The normalized spacial score (nSPS) is 27.1. The standard InChI is InChI=1S/C22H28F3N3/c23-18-5-7-19(8-6-18)28-11-9-16(10-12-28)13-15-1-3-17(4-2-15)20-14-21(22(24)25)27-26-20/h1-4,16,18-19,22H,5-14H2. The molecule has 1 saturated carbocycles. The summed E-state index contributed by atoms with van der Waals surface area (Å²) in [4.78, 5) is 2.57. The van der Waals surface area contributed by atoms with Crippen LogP contribution < -0.4 is 0 Å². The van der Waals surface area contributed by atoms with Gasteiger partial charge in [-0.25, -0.2) is 13.2 Å². The topological polar surface area (TPSA) is 28.0 Å². The van der Waals surface area contributed by atoms with Gasteiger partial charge in [-0.1, -0.05) is 24.3 Å². The molecule has 1 saturated heterocycles. The summed E-state index contributed by atoms with van der Waals surface area (Å²) in [5.41, 5.74) is 2.64. The van der Waals surface area contributed by atoms with Crippen LogP contribution >= 0.6 is 0 Å². The van der Waals surface area contributed by atoms with Crippen LogP contribution in [0.15, 0.2) is 34.5 Å². The fraction of sp³-hybridized carbons (Fsp3) is 0.636. The molecule has 1 aromatic rings. The van der Waals surface area contributed by atoms with Crippen molar-refractivity contribution in [2.45, 2.75) is 70.0 Å². The highest BCUT2D eigenvalue weighted by atomic mass is 19.3. The average Bonchev–Trinajstić information content (AvgIpc) is 3.21. The number of likely N-dealkylation sites (tertiary alicyclic amines) is 1. The van der Waals surface area contributed by atoms with E-state index in [2.05, 4.69) is 27.2 Å². The van der Waals surface area contributed by atoms with Gasteiger partial charge >= 0.3 is 0 Å². The highest BCUT2D eigenvalue weighted by Gasteiger charge is 2.29. The van der Waals surface area contributed by atoms with Gasteiger partial charge in [-0.2, -0.15) is 10.2 Å². The van der Waals surface area contributed by atoms with Crippen LogP contribution in [0.2, 0.25) is 0 Å². The van der Waals surface area contributed by atoms with Crippen molar-refractivity contribution in [2.24, 2.45) is 16.1 Å². The molecular formula is C22H28F3N3. The average molecular weight is 391 g/mol. The minimum Gasteiger partial charge on any atom is -0.300 e. The third-order valence-electron chi connectivity index (χ3n) is 6.50. The minimum absolute atomic E-state index is 0.139. The van der Waals surface area contributed by atoms with Crippen molar-refractivity contribution < 1.29 is 13.2 Å². The maximum atomic E-state index is 13.3. The zero-order valence-corrected chi connectivity index (χ0v) is 16.2. The molecule has 28 heavy (non-hydrogen) atoms. The molecule has 0 radical (unpaired) electrons. The number of piperidine rings is 1. The van der Waals surface area contributed by atoms with E-state index in [-0.39, 0.29) is 12.1 Å². The van der Waals surface area contributed by atoms with E-state index >= 15 is 0 Å². The molecule has 1 aliphatic carbocycles. The first-order valence-corrected chi connectivity index (χ1v) is 10.5. The summed E-state index contributed by atoms with van der Waals surface area (Å²) in [5.74, 6) is 0.678. The lowest BCUT2D eigenvalue weighted by Gasteiger charge is -2.40. The predicted octanol–water partition coefficient (Wildman–Crippen LogP) is 5.04. The largest absolute Gasteiger partial charge is 0.300 e. The zero-order chi connectivity index (χ0) is 19.5. The predicted molar refractivity (Wildman–Crippen MR) is 106 cm³/mol. The van der Waals surface area contributed by atoms with Crippen molar-refractivity contribution in [3.8, 4) is 0 Å². The second-order valence-electron chi connectivity index (χ2n) is 8.40. The summed E-state index contributed by atoms with van der Waals surface area (Å²) >= 11 is 0. The molecular weight excluding hydrogens is 363 g/mol. The van der Waals surface area contributed by atoms with Gasteiger partial charge in [-0.05, 0) is 75.1 Å². The zero-order valence-electron chi connectivity index (χ0n) is 16.2. The Morgan fingerprint density at radius 3 is 2.21 bits per heavy atom. The molecule has 4 rings (SSSR count). The Morgan fingerprint density at radius 1 is 0.929 bits per heavy atom. The number of rotatable bonds is 5. The van der Waals surface area contributed by atoms with Crippen LogP contribution in [-0.4, -0.2) is 48.1 Å². The molecule has 0 aromatic heterocycles. The van der Waals surface area contributed by atoms with Crippen LogP contribution in [0, 0.1) is 5.92 Å². The molecule has 0 atom stereocenters. The van der Waals surface area contributed by atoms with Gasteiger partial charge in [0.15, 0.2) is 0 Å². The molecule has 2 aliphatic heterocycles. The van der Waals surface area contributed by atoms with Crippen LogP contribution in [-0.2, 0) is 6.42 Å². The molecule has 0 bridgehead atoms. The lowest BCUT2D eigenvalue weighted by atomic mass is 9.86. The van der Waals surface area contributed by atoms with Gasteiger partial charge in [-0.3, -0.25) is 0 Å². The number of hydrogen-bond donors (Lipinski definition) is 0. The first-order valence-electron chi connectivity index (χ1n) is 10.5.